The standard InChI is InChI=1S/C24H30N4O10Se2/c1-23(2)35-15-11(33-19(17(15)37-23)27-7-5-13(29)25-21(27)31)9-39-40-10-12-16-18(38-24(3,4)36-16)20(34-12)28-8-6-14(30)26-22(28)32/h5-8,11-12,15-20H,9-10H2,1-4H3,(H,25,29,31)(H,26,30,32)/t11-,12-,15-,16-,17-,18-,19-,20-/m1/s1. The summed E-state index contributed by atoms with van der Waals surface area (Å²) < 4.78 is 39.7. The van der Waals surface area contributed by atoms with E-state index in [4.69, 9.17) is 28.4 Å². The Labute approximate surface area is 238 Å². The van der Waals surface area contributed by atoms with Gasteiger partial charge >= 0.3 is 239 Å². The quantitative estimate of drug-likeness (QED) is 0.274. The minimum atomic E-state index is -0.826. The Bertz CT molecular complexity index is 1390. The predicted octanol–water partition coefficient (Wildman–Crippen LogP) is -0.918. The number of fused-ring (bicyclic) bond motifs is 2. The molecule has 14 nitrogen and oxygen atoms in total. The Balaban J connectivity index is 1.11. The fourth-order valence-electron chi connectivity index (χ4n) is 5.52. The third kappa shape index (κ3) is 5.38. The maximum absolute atomic E-state index is 12.5. The molecule has 4 aliphatic rings. The van der Waals surface area contributed by atoms with E-state index in [1.807, 2.05) is 27.7 Å². The summed E-state index contributed by atoms with van der Waals surface area (Å²) in [6.07, 6.45) is -0.866. The van der Waals surface area contributed by atoms with Gasteiger partial charge in [0.05, 0.1) is 0 Å². The second-order valence-electron chi connectivity index (χ2n) is 10.9. The number of rotatable bonds is 7. The van der Waals surface area contributed by atoms with Gasteiger partial charge in [0.2, 0.25) is 0 Å². The van der Waals surface area contributed by atoms with Gasteiger partial charge in [0, 0.05) is 0 Å². The van der Waals surface area contributed by atoms with E-state index in [1.54, 1.807) is 0 Å². The van der Waals surface area contributed by atoms with Crippen molar-refractivity contribution in [3.05, 3.63) is 66.2 Å². The second kappa shape index (κ2) is 10.5. The topological polar surface area (TPSA) is 165 Å². The molecule has 4 saturated heterocycles. The zero-order valence-corrected chi connectivity index (χ0v) is 25.6. The first-order valence-corrected chi connectivity index (χ1v) is 19.6. The van der Waals surface area contributed by atoms with Gasteiger partial charge in [-0.1, -0.05) is 0 Å². The molecule has 0 saturated carbocycles. The molecule has 4 fully saturated rings. The summed E-state index contributed by atoms with van der Waals surface area (Å²) in [6.45, 7) is 7.31. The van der Waals surface area contributed by atoms with Gasteiger partial charge in [-0.15, -0.1) is 0 Å². The summed E-state index contributed by atoms with van der Waals surface area (Å²) in [7, 11) is 0. The van der Waals surface area contributed by atoms with Crippen LogP contribution in [-0.2, 0) is 28.4 Å². The number of nitrogens with zero attached hydrogens (tertiary/aromatic N) is 2. The molecule has 0 unspecified atom stereocenters. The van der Waals surface area contributed by atoms with Crippen LogP contribution in [-0.4, -0.2) is 93.6 Å². The van der Waals surface area contributed by atoms with Gasteiger partial charge in [0.15, 0.2) is 0 Å². The molecule has 40 heavy (non-hydrogen) atoms. The summed E-state index contributed by atoms with van der Waals surface area (Å²) in [5, 5.41) is 1.46. The molecule has 4 aliphatic heterocycles. The van der Waals surface area contributed by atoms with Crippen LogP contribution in [0.3, 0.4) is 0 Å². The van der Waals surface area contributed by atoms with E-state index in [2.05, 4.69) is 9.97 Å². The molecule has 218 valence electrons. The maximum atomic E-state index is 12.5. The molecule has 2 N–H and O–H groups in total. The van der Waals surface area contributed by atoms with Crippen molar-refractivity contribution in [2.24, 2.45) is 0 Å². The van der Waals surface area contributed by atoms with Gasteiger partial charge in [-0.3, -0.25) is 0 Å². The van der Waals surface area contributed by atoms with Gasteiger partial charge in [0.1, 0.15) is 0 Å². The van der Waals surface area contributed by atoms with Crippen molar-refractivity contribution in [3.8, 4) is 0 Å². The first kappa shape index (κ1) is 28.3. The molecule has 0 aliphatic carbocycles. The van der Waals surface area contributed by atoms with Crippen LogP contribution < -0.4 is 22.5 Å². The van der Waals surface area contributed by atoms with Crippen LogP contribution in [0, 0.1) is 0 Å². The number of hydrogen-bond donors (Lipinski definition) is 2. The molecule has 2 aromatic rings. The van der Waals surface area contributed by atoms with Gasteiger partial charge < -0.3 is 0 Å². The minimum absolute atomic E-state index is 0.171. The van der Waals surface area contributed by atoms with E-state index in [-0.39, 0.29) is 50.7 Å². The fraction of sp³-hybridized carbons (Fsp3) is 0.667. The van der Waals surface area contributed by atoms with Crippen molar-refractivity contribution < 1.29 is 28.4 Å². The van der Waals surface area contributed by atoms with Crippen LogP contribution in [0.4, 0.5) is 0 Å². The summed E-state index contributed by atoms with van der Waals surface area (Å²) >= 11 is 0.341. The van der Waals surface area contributed by atoms with Crippen molar-refractivity contribution in [3.63, 3.8) is 0 Å². The van der Waals surface area contributed by atoms with Crippen molar-refractivity contribution >= 4 is 26.3 Å². The molecule has 0 aromatic carbocycles. The molecule has 0 radical (unpaired) electrons. The normalized spacial score (nSPS) is 35.6. The number of aromatic amines is 2. The van der Waals surface area contributed by atoms with E-state index in [9.17, 15) is 19.2 Å². The Morgan fingerprint density at radius 2 is 1.05 bits per heavy atom. The second-order valence-corrected chi connectivity index (χ2v) is 18.4. The summed E-state index contributed by atoms with van der Waals surface area (Å²) in [6, 6.07) is 2.56. The summed E-state index contributed by atoms with van der Waals surface area (Å²) in [5.41, 5.74) is -2.09. The number of nitrogens with one attached hydrogen (secondary N) is 2. The molecular weight excluding hydrogens is 662 g/mol. The van der Waals surface area contributed by atoms with Crippen LogP contribution in [0.25, 0.3) is 0 Å². The number of aromatic nitrogens is 4. The van der Waals surface area contributed by atoms with E-state index in [0.29, 0.717) is 0 Å². The van der Waals surface area contributed by atoms with Crippen molar-refractivity contribution in [1.82, 2.24) is 19.1 Å². The predicted molar refractivity (Wildman–Crippen MR) is 139 cm³/mol. The molecular formula is C24H30N4O10Se2. The van der Waals surface area contributed by atoms with Crippen LogP contribution in [0.2, 0.25) is 10.6 Å². The first-order valence-electron chi connectivity index (χ1n) is 12.8. The molecule has 6 heterocycles. The van der Waals surface area contributed by atoms with Gasteiger partial charge in [-0.2, -0.15) is 0 Å². The fourth-order valence-corrected chi connectivity index (χ4v) is 12.6. The van der Waals surface area contributed by atoms with E-state index >= 15 is 0 Å². The van der Waals surface area contributed by atoms with E-state index in [0.717, 1.165) is 10.6 Å². The van der Waals surface area contributed by atoms with Gasteiger partial charge in [-0.05, 0) is 0 Å². The Hall–Kier alpha value is -1.84. The van der Waals surface area contributed by atoms with Crippen molar-refractivity contribution in [2.75, 3.05) is 0 Å². The summed E-state index contributed by atoms with van der Waals surface area (Å²) in [4.78, 5) is 52.6. The molecule has 16 heteroatoms. The average molecular weight is 692 g/mol. The third-order valence-electron chi connectivity index (χ3n) is 7.05. The van der Waals surface area contributed by atoms with Crippen molar-refractivity contribution in [2.45, 2.75) is 99.0 Å². The van der Waals surface area contributed by atoms with Crippen LogP contribution in [0.5, 0.6) is 0 Å². The Morgan fingerprint density at radius 1 is 0.675 bits per heavy atom. The molecule has 6 rings (SSSR count). The number of ether oxygens (including phenoxy) is 6. The zero-order chi connectivity index (χ0) is 28.4. The first-order chi connectivity index (χ1) is 18.9. The van der Waals surface area contributed by atoms with E-state index in [1.165, 1.54) is 33.7 Å². The Kier molecular flexibility index (Phi) is 7.40. The third-order valence-corrected chi connectivity index (χ3v) is 14.1. The van der Waals surface area contributed by atoms with Crippen molar-refractivity contribution in [1.29, 1.82) is 0 Å². The molecule has 0 bridgehead atoms. The molecule has 0 spiro atoms. The SMILES string of the molecule is CC1(C)O[C@@H]2[C@H](O1)[C@@H](C[Se][Se]C[C@H]1O[C@@H](n3ccc(=O)[nH]c3=O)[C@@H]3OC(C)(C)O[C@@H]31)O[C@H]2n1ccc(=O)[nH]c1=O. The average Bonchev–Trinajstić information content (AvgIpc) is 3.54. The van der Waals surface area contributed by atoms with Gasteiger partial charge in [-0.25, -0.2) is 0 Å². The molecule has 8 atom stereocenters. The summed E-state index contributed by atoms with van der Waals surface area (Å²) in [5.74, 6) is -1.65. The number of hydrogen-bond acceptors (Lipinski definition) is 10. The Morgan fingerprint density at radius 3 is 1.43 bits per heavy atom. The van der Waals surface area contributed by atoms with E-state index < -0.39 is 58.7 Å². The number of H-pyrrole nitrogens is 2. The van der Waals surface area contributed by atoms with Crippen LogP contribution in [0.1, 0.15) is 40.2 Å². The zero-order valence-electron chi connectivity index (χ0n) is 22.1. The molecule has 2 aromatic heterocycles. The molecule has 0 amide bonds. The monoisotopic (exact) mass is 694 g/mol. The van der Waals surface area contributed by atoms with Gasteiger partial charge in [0.25, 0.3) is 0 Å². The van der Waals surface area contributed by atoms with Crippen LogP contribution in [0.15, 0.2) is 43.7 Å². The van der Waals surface area contributed by atoms with Crippen LogP contribution >= 0.6 is 0 Å².